The maximum Gasteiger partial charge on any atom is 0.325 e. The molecule has 1 unspecified atom stereocenters. The second-order valence-corrected chi connectivity index (χ2v) is 7.28. The lowest BCUT2D eigenvalue weighted by atomic mass is 9.91. The van der Waals surface area contributed by atoms with E-state index < -0.39 is 41.6 Å². The number of urea groups is 1. The summed E-state index contributed by atoms with van der Waals surface area (Å²) in [4.78, 5) is 37.8. The third-order valence-electron chi connectivity index (χ3n) is 5.20. The van der Waals surface area contributed by atoms with Gasteiger partial charge in [0, 0.05) is 12.1 Å². The van der Waals surface area contributed by atoms with Crippen molar-refractivity contribution in [3.8, 4) is 0 Å². The van der Waals surface area contributed by atoms with Gasteiger partial charge < -0.3 is 10.6 Å². The summed E-state index contributed by atoms with van der Waals surface area (Å²) in [5, 5.41) is 5.07. The molecule has 28 heavy (non-hydrogen) atoms. The van der Waals surface area contributed by atoms with Crippen molar-refractivity contribution in [3.05, 3.63) is 47.0 Å². The molecule has 0 saturated carbocycles. The van der Waals surface area contributed by atoms with Crippen LogP contribution in [-0.2, 0) is 15.1 Å². The van der Waals surface area contributed by atoms with Gasteiger partial charge in [-0.1, -0.05) is 11.6 Å². The summed E-state index contributed by atoms with van der Waals surface area (Å²) in [7, 11) is 0. The predicted octanol–water partition coefficient (Wildman–Crippen LogP) is 2.74. The van der Waals surface area contributed by atoms with Gasteiger partial charge in [-0.05, 0) is 57.2 Å². The predicted molar refractivity (Wildman–Crippen MR) is 98.1 cm³/mol. The number of amides is 4. The average Bonchev–Trinajstić information content (AvgIpc) is 2.88. The first kappa shape index (κ1) is 20.0. The quantitative estimate of drug-likeness (QED) is 0.578. The smallest absolute Gasteiger partial charge is 0.325 e. The van der Waals surface area contributed by atoms with Crippen LogP contribution in [-0.4, -0.2) is 35.8 Å². The van der Waals surface area contributed by atoms with E-state index in [4.69, 9.17) is 0 Å². The molecule has 0 aromatic heterocycles. The maximum atomic E-state index is 14.1. The van der Waals surface area contributed by atoms with Crippen LogP contribution in [0.5, 0.6) is 0 Å². The molecule has 1 aromatic rings. The van der Waals surface area contributed by atoms with Crippen LogP contribution >= 0.6 is 0 Å². The summed E-state index contributed by atoms with van der Waals surface area (Å²) in [6.07, 6.45) is 7.34. The largest absolute Gasteiger partial charge is 0.354 e. The van der Waals surface area contributed by atoms with Crippen molar-refractivity contribution in [1.82, 2.24) is 15.5 Å². The standard InChI is InChI=1S/C20H23F2N3O3/c1-20(15-11-14(21)7-8-16(15)22)18(27)25(19(28)24-20)12-17(26)23-10-9-13-5-3-2-4-6-13/h5,7-8,11H,2-4,6,9-10,12H2,1H3,(H,23,26)(H,24,28). The Bertz CT molecular complexity index is 840. The molecule has 150 valence electrons. The van der Waals surface area contributed by atoms with Crippen LogP contribution < -0.4 is 10.6 Å². The SMILES string of the molecule is CC1(c2cc(F)ccc2F)NC(=O)N(CC(=O)NCCC2=CCCCC2)C1=O. The molecule has 1 fully saturated rings. The Balaban J connectivity index is 1.62. The van der Waals surface area contributed by atoms with Crippen LogP contribution in [0.4, 0.5) is 13.6 Å². The molecule has 3 rings (SSSR count). The third-order valence-corrected chi connectivity index (χ3v) is 5.20. The zero-order valence-corrected chi connectivity index (χ0v) is 15.7. The van der Waals surface area contributed by atoms with Crippen LogP contribution in [0.1, 0.15) is 44.6 Å². The van der Waals surface area contributed by atoms with E-state index in [2.05, 4.69) is 16.7 Å². The second kappa shape index (κ2) is 8.08. The number of hydrogen-bond donors (Lipinski definition) is 2. The molecule has 1 heterocycles. The fourth-order valence-electron chi connectivity index (χ4n) is 3.60. The summed E-state index contributed by atoms with van der Waals surface area (Å²) in [6.45, 7) is 1.24. The van der Waals surface area contributed by atoms with E-state index >= 15 is 0 Å². The van der Waals surface area contributed by atoms with Gasteiger partial charge in [-0.2, -0.15) is 0 Å². The molecule has 1 aliphatic heterocycles. The lowest BCUT2D eigenvalue weighted by molar-refractivity contribution is -0.134. The number of benzene rings is 1. The first-order valence-electron chi connectivity index (χ1n) is 9.35. The summed E-state index contributed by atoms with van der Waals surface area (Å²) in [6, 6.07) is 1.87. The summed E-state index contributed by atoms with van der Waals surface area (Å²) < 4.78 is 27.6. The number of nitrogens with one attached hydrogen (secondary N) is 2. The number of allylic oxidation sites excluding steroid dienone is 1. The fourth-order valence-corrected chi connectivity index (χ4v) is 3.60. The number of halogens is 2. The molecule has 1 saturated heterocycles. The van der Waals surface area contributed by atoms with E-state index in [0.29, 0.717) is 6.54 Å². The Labute approximate surface area is 162 Å². The van der Waals surface area contributed by atoms with Gasteiger partial charge in [0.25, 0.3) is 5.91 Å². The summed E-state index contributed by atoms with van der Waals surface area (Å²) in [5.74, 6) is -2.83. The molecule has 4 amide bonds. The monoisotopic (exact) mass is 391 g/mol. The van der Waals surface area contributed by atoms with E-state index in [9.17, 15) is 23.2 Å². The molecule has 2 N–H and O–H groups in total. The molecular weight excluding hydrogens is 368 g/mol. The average molecular weight is 391 g/mol. The van der Waals surface area contributed by atoms with Crippen LogP contribution in [0.15, 0.2) is 29.8 Å². The number of nitrogens with zero attached hydrogens (tertiary/aromatic N) is 1. The topological polar surface area (TPSA) is 78.5 Å². The highest BCUT2D eigenvalue weighted by molar-refractivity contribution is 6.09. The highest BCUT2D eigenvalue weighted by Crippen LogP contribution is 2.31. The molecule has 1 atom stereocenters. The summed E-state index contributed by atoms with van der Waals surface area (Å²) in [5.41, 5.74) is -0.745. The Morgan fingerprint density at radius 2 is 2.07 bits per heavy atom. The zero-order chi connectivity index (χ0) is 20.3. The van der Waals surface area contributed by atoms with E-state index in [0.717, 1.165) is 48.8 Å². The molecule has 1 aromatic carbocycles. The molecule has 0 spiro atoms. The molecule has 1 aliphatic carbocycles. The van der Waals surface area contributed by atoms with Crippen LogP contribution in [0.3, 0.4) is 0 Å². The highest BCUT2D eigenvalue weighted by Gasteiger charge is 2.50. The first-order valence-corrected chi connectivity index (χ1v) is 9.35. The van der Waals surface area contributed by atoms with Gasteiger partial charge in [-0.15, -0.1) is 0 Å². The van der Waals surface area contributed by atoms with Crippen molar-refractivity contribution >= 4 is 17.8 Å². The zero-order valence-electron chi connectivity index (χ0n) is 15.7. The number of carbonyl (C=O) groups excluding carboxylic acids is 3. The van der Waals surface area contributed by atoms with Gasteiger partial charge >= 0.3 is 6.03 Å². The van der Waals surface area contributed by atoms with Gasteiger partial charge in [-0.3, -0.25) is 14.5 Å². The number of carbonyl (C=O) groups is 3. The van der Waals surface area contributed by atoms with Gasteiger partial charge in [0.1, 0.15) is 23.7 Å². The Morgan fingerprint density at radius 3 is 2.79 bits per heavy atom. The molecule has 0 radical (unpaired) electrons. The van der Waals surface area contributed by atoms with E-state index in [1.165, 1.54) is 18.9 Å². The lowest BCUT2D eigenvalue weighted by Crippen LogP contribution is -2.43. The second-order valence-electron chi connectivity index (χ2n) is 7.28. The minimum Gasteiger partial charge on any atom is -0.354 e. The number of rotatable bonds is 6. The molecule has 6 nitrogen and oxygen atoms in total. The van der Waals surface area contributed by atoms with Gasteiger partial charge in [0.05, 0.1) is 0 Å². The van der Waals surface area contributed by atoms with Gasteiger partial charge in [0.2, 0.25) is 5.91 Å². The minimum atomic E-state index is -1.77. The van der Waals surface area contributed by atoms with Gasteiger partial charge in [0.15, 0.2) is 0 Å². The Morgan fingerprint density at radius 1 is 1.29 bits per heavy atom. The number of imide groups is 1. The normalized spacial score (nSPS) is 22.1. The summed E-state index contributed by atoms with van der Waals surface area (Å²) >= 11 is 0. The lowest BCUT2D eigenvalue weighted by Gasteiger charge is -2.22. The van der Waals surface area contributed by atoms with Crippen molar-refractivity contribution in [2.45, 2.75) is 44.6 Å². The van der Waals surface area contributed by atoms with E-state index in [1.807, 2.05) is 0 Å². The fraction of sp³-hybridized carbons (Fsp3) is 0.450. The molecule has 0 bridgehead atoms. The Kier molecular flexibility index (Phi) is 5.76. The molecule has 8 heteroatoms. The van der Waals surface area contributed by atoms with Crippen molar-refractivity contribution in [1.29, 1.82) is 0 Å². The third kappa shape index (κ3) is 4.05. The van der Waals surface area contributed by atoms with Gasteiger partial charge in [-0.25, -0.2) is 13.6 Å². The van der Waals surface area contributed by atoms with Crippen molar-refractivity contribution < 1.29 is 23.2 Å². The number of hydrogen-bond acceptors (Lipinski definition) is 3. The minimum absolute atomic E-state index is 0.280. The maximum absolute atomic E-state index is 14.1. The first-order chi connectivity index (χ1) is 13.3. The Hall–Kier alpha value is -2.77. The van der Waals surface area contributed by atoms with Crippen molar-refractivity contribution in [3.63, 3.8) is 0 Å². The van der Waals surface area contributed by atoms with Crippen molar-refractivity contribution in [2.75, 3.05) is 13.1 Å². The molecule has 2 aliphatic rings. The van der Waals surface area contributed by atoms with E-state index in [1.54, 1.807) is 0 Å². The van der Waals surface area contributed by atoms with Crippen LogP contribution in [0.25, 0.3) is 0 Å². The van der Waals surface area contributed by atoms with Crippen LogP contribution in [0.2, 0.25) is 0 Å². The van der Waals surface area contributed by atoms with E-state index in [-0.39, 0.29) is 5.56 Å². The molecular formula is C20H23F2N3O3. The highest BCUT2D eigenvalue weighted by atomic mass is 19.1. The van der Waals surface area contributed by atoms with Crippen molar-refractivity contribution in [2.24, 2.45) is 0 Å². The van der Waals surface area contributed by atoms with Crippen LogP contribution in [0, 0.1) is 11.6 Å².